The van der Waals surface area contributed by atoms with Gasteiger partial charge in [-0.1, -0.05) is 6.07 Å². The average Bonchev–Trinajstić information content (AvgIpc) is 2.74. The summed E-state index contributed by atoms with van der Waals surface area (Å²) in [5.41, 5.74) is -0.513. The molecule has 0 saturated carbocycles. The van der Waals surface area contributed by atoms with E-state index in [-0.39, 0.29) is 0 Å². The molecule has 0 aliphatic rings. The summed E-state index contributed by atoms with van der Waals surface area (Å²) in [5, 5.41) is 0. The van der Waals surface area contributed by atoms with Crippen molar-refractivity contribution < 1.29 is 13.6 Å². The van der Waals surface area contributed by atoms with Crippen molar-refractivity contribution in [1.29, 1.82) is 0 Å². The molecule has 0 N–H and O–H groups in total. The zero-order valence-electron chi connectivity index (χ0n) is 9.99. The van der Waals surface area contributed by atoms with Crippen molar-refractivity contribution in [3.63, 3.8) is 0 Å². The number of amides is 1. The fourth-order valence-electron chi connectivity index (χ4n) is 1.64. The first-order valence-corrected chi connectivity index (χ1v) is 7.03. The van der Waals surface area contributed by atoms with Crippen LogP contribution in [0, 0.1) is 11.6 Å². The van der Waals surface area contributed by atoms with Crippen LogP contribution in [0.25, 0.3) is 0 Å². The number of halogens is 3. The van der Waals surface area contributed by atoms with Crippen LogP contribution < -0.4 is 0 Å². The Morgan fingerprint density at radius 1 is 1.26 bits per heavy atom. The number of carbonyl (C=O) groups is 1. The van der Waals surface area contributed by atoms with Gasteiger partial charge in [0, 0.05) is 11.9 Å². The summed E-state index contributed by atoms with van der Waals surface area (Å²) >= 11 is 4.79. The summed E-state index contributed by atoms with van der Waals surface area (Å²) < 4.78 is 28.0. The van der Waals surface area contributed by atoms with E-state index in [2.05, 4.69) is 15.9 Å². The lowest BCUT2D eigenvalue weighted by Gasteiger charge is -2.17. The molecule has 1 heterocycles. The Morgan fingerprint density at radius 2 is 1.89 bits per heavy atom. The molecule has 1 aromatic carbocycles. The third-order valence-electron chi connectivity index (χ3n) is 2.55. The molecule has 0 bridgehead atoms. The topological polar surface area (TPSA) is 20.3 Å². The highest BCUT2D eigenvalue weighted by Crippen LogP contribution is 2.24. The SMILES string of the molecule is CN(Cc1ccc(Br)s1)C(=O)c1c(F)cccc1F. The minimum absolute atomic E-state index is 0.308. The van der Waals surface area contributed by atoms with Crippen LogP contribution in [0.15, 0.2) is 34.1 Å². The van der Waals surface area contributed by atoms with Crippen molar-refractivity contribution in [2.45, 2.75) is 6.54 Å². The second-order valence-electron chi connectivity index (χ2n) is 3.96. The van der Waals surface area contributed by atoms with E-state index in [1.807, 2.05) is 12.1 Å². The molecular formula is C13H10BrF2NOS. The predicted octanol–water partition coefficient (Wildman–Crippen LogP) is 4.06. The largest absolute Gasteiger partial charge is 0.336 e. The highest BCUT2D eigenvalue weighted by atomic mass is 79.9. The Morgan fingerprint density at radius 3 is 2.42 bits per heavy atom. The lowest BCUT2D eigenvalue weighted by atomic mass is 10.1. The molecule has 100 valence electrons. The first-order valence-electron chi connectivity index (χ1n) is 5.42. The molecule has 0 aliphatic heterocycles. The van der Waals surface area contributed by atoms with Gasteiger partial charge in [0.15, 0.2) is 0 Å². The average molecular weight is 346 g/mol. The summed E-state index contributed by atoms with van der Waals surface area (Å²) in [6.45, 7) is 0.308. The Balaban J connectivity index is 2.19. The van der Waals surface area contributed by atoms with Crippen molar-refractivity contribution >= 4 is 33.2 Å². The molecule has 1 aromatic heterocycles. The summed E-state index contributed by atoms with van der Waals surface area (Å²) in [5.74, 6) is -2.35. The van der Waals surface area contributed by atoms with Crippen LogP contribution in [-0.2, 0) is 6.54 Å². The summed E-state index contributed by atoms with van der Waals surface area (Å²) in [6.07, 6.45) is 0. The van der Waals surface area contributed by atoms with Crippen LogP contribution in [0.2, 0.25) is 0 Å². The van der Waals surface area contributed by atoms with Gasteiger partial charge in [-0.15, -0.1) is 11.3 Å². The smallest absolute Gasteiger partial charge is 0.259 e. The van der Waals surface area contributed by atoms with Gasteiger partial charge >= 0.3 is 0 Å². The van der Waals surface area contributed by atoms with Crippen molar-refractivity contribution in [3.05, 3.63) is 56.2 Å². The zero-order valence-corrected chi connectivity index (χ0v) is 12.4. The molecule has 0 fully saturated rings. The zero-order chi connectivity index (χ0) is 14.0. The Labute approximate surface area is 121 Å². The maximum absolute atomic E-state index is 13.5. The maximum Gasteiger partial charge on any atom is 0.259 e. The third kappa shape index (κ3) is 3.19. The number of hydrogen-bond donors (Lipinski definition) is 0. The van der Waals surface area contributed by atoms with E-state index in [0.717, 1.165) is 20.8 Å². The minimum atomic E-state index is -0.843. The van der Waals surface area contributed by atoms with Gasteiger partial charge in [-0.25, -0.2) is 8.78 Å². The van der Waals surface area contributed by atoms with E-state index in [1.54, 1.807) is 0 Å². The number of rotatable bonds is 3. The molecule has 6 heteroatoms. The van der Waals surface area contributed by atoms with E-state index >= 15 is 0 Å². The van der Waals surface area contributed by atoms with Crippen LogP contribution in [0.4, 0.5) is 8.78 Å². The maximum atomic E-state index is 13.5. The molecule has 0 atom stereocenters. The normalized spacial score (nSPS) is 10.5. The molecule has 0 aliphatic carbocycles. The van der Waals surface area contributed by atoms with E-state index < -0.39 is 23.1 Å². The van der Waals surface area contributed by atoms with Crippen molar-refractivity contribution in [3.8, 4) is 0 Å². The van der Waals surface area contributed by atoms with Gasteiger partial charge in [-0.05, 0) is 40.2 Å². The summed E-state index contributed by atoms with van der Waals surface area (Å²) in [7, 11) is 1.52. The standard InChI is InChI=1S/C13H10BrF2NOS/c1-17(7-8-5-6-11(14)19-8)13(18)12-9(15)3-2-4-10(12)16/h2-6H,7H2,1H3. The van der Waals surface area contributed by atoms with E-state index in [4.69, 9.17) is 0 Å². The Bertz CT molecular complexity index is 594. The lowest BCUT2D eigenvalue weighted by molar-refractivity contribution is 0.0776. The van der Waals surface area contributed by atoms with Gasteiger partial charge in [0.25, 0.3) is 5.91 Å². The highest BCUT2D eigenvalue weighted by Gasteiger charge is 2.20. The van der Waals surface area contributed by atoms with Crippen LogP contribution in [-0.4, -0.2) is 17.9 Å². The molecule has 0 spiro atoms. The Hall–Kier alpha value is -1.27. The summed E-state index contributed by atoms with van der Waals surface area (Å²) in [6, 6.07) is 7.10. The molecule has 1 amide bonds. The third-order valence-corrected chi connectivity index (χ3v) is 4.15. The number of carbonyl (C=O) groups excluding carboxylic acids is 1. The highest BCUT2D eigenvalue weighted by molar-refractivity contribution is 9.11. The van der Waals surface area contributed by atoms with Gasteiger partial charge in [-0.3, -0.25) is 4.79 Å². The Kier molecular flexibility index (Phi) is 4.31. The second kappa shape index (κ2) is 5.79. The van der Waals surface area contributed by atoms with Crippen LogP contribution in [0.5, 0.6) is 0 Å². The second-order valence-corrected chi connectivity index (χ2v) is 6.51. The predicted molar refractivity (Wildman–Crippen MR) is 74.2 cm³/mol. The molecule has 0 saturated heterocycles. The molecule has 0 unspecified atom stereocenters. The molecule has 19 heavy (non-hydrogen) atoms. The lowest BCUT2D eigenvalue weighted by Crippen LogP contribution is -2.27. The van der Waals surface area contributed by atoms with Gasteiger partial charge in [0.2, 0.25) is 0 Å². The van der Waals surface area contributed by atoms with Crippen LogP contribution in [0.3, 0.4) is 0 Å². The van der Waals surface area contributed by atoms with Crippen molar-refractivity contribution in [2.75, 3.05) is 7.05 Å². The fourth-order valence-corrected chi connectivity index (χ4v) is 3.17. The van der Waals surface area contributed by atoms with Crippen molar-refractivity contribution in [1.82, 2.24) is 4.90 Å². The molecule has 0 radical (unpaired) electrons. The number of nitrogens with zero attached hydrogens (tertiary/aromatic N) is 1. The van der Waals surface area contributed by atoms with E-state index in [1.165, 1.54) is 29.4 Å². The number of thiophene rings is 1. The van der Waals surface area contributed by atoms with Crippen molar-refractivity contribution in [2.24, 2.45) is 0 Å². The molecule has 2 aromatic rings. The first-order chi connectivity index (χ1) is 8.99. The number of hydrogen-bond acceptors (Lipinski definition) is 2. The minimum Gasteiger partial charge on any atom is -0.336 e. The van der Waals surface area contributed by atoms with Gasteiger partial charge < -0.3 is 4.90 Å². The number of benzene rings is 1. The van der Waals surface area contributed by atoms with Crippen LogP contribution in [0.1, 0.15) is 15.2 Å². The molecule has 2 nitrogen and oxygen atoms in total. The van der Waals surface area contributed by atoms with Gasteiger partial charge in [0.05, 0.1) is 10.3 Å². The van der Waals surface area contributed by atoms with Crippen LogP contribution >= 0.6 is 27.3 Å². The van der Waals surface area contributed by atoms with Gasteiger partial charge in [-0.2, -0.15) is 0 Å². The summed E-state index contributed by atoms with van der Waals surface area (Å²) in [4.78, 5) is 14.3. The quantitative estimate of drug-likeness (QED) is 0.821. The molecular weight excluding hydrogens is 336 g/mol. The first kappa shape index (κ1) is 14.1. The monoisotopic (exact) mass is 345 g/mol. The fraction of sp³-hybridized carbons (Fsp3) is 0.154. The van der Waals surface area contributed by atoms with E-state index in [9.17, 15) is 13.6 Å². The van der Waals surface area contributed by atoms with Gasteiger partial charge in [0.1, 0.15) is 17.2 Å². The van der Waals surface area contributed by atoms with E-state index in [0.29, 0.717) is 6.54 Å². The molecule has 2 rings (SSSR count).